The molecule has 1 unspecified atom stereocenters. The van der Waals surface area contributed by atoms with Gasteiger partial charge in [0.05, 0.1) is 0 Å². The average Bonchev–Trinajstić information content (AvgIpc) is 2.55. The van der Waals surface area contributed by atoms with E-state index in [-0.39, 0.29) is 5.82 Å². The number of benzene rings is 1. The summed E-state index contributed by atoms with van der Waals surface area (Å²) in [5, 5.41) is 3.89. The topological polar surface area (TPSA) is 12.0 Å². The van der Waals surface area contributed by atoms with Gasteiger partial charge in [-0.3, -0.25) is 0 Å². The van der Waals surface area contributed by atoms with Gasteiger partial charge in [-0.05, 0) is 74.7 Å². The highest BCUT2D eigenvalue weighted by molar-refractivity contribution is 6.30. The summed E-state index contributed by atoms with van der Waals surface area (Å²) in [6.45, 7) is 2.26. The standard InChI is InChI=1S/C19H23ClFN/c20-18-7-6-16(19(21)13-18)5-4-14-2-1-3-17(12-14)15-8-10-22-11-9-15/h1-3,6-7,13-15,22H,4-5,8-12H2. The quantitative estimate of drug-likeness (QED) is 0.831. The van der Waals surface area contributed by atoms with E-state index in [1.165, 1.54) is 18.9 Å². The van der Waals surface area contributed by atoms with Gasteiger partial charge in [-0.1, -0.05) is 41.5 Å². The molecule has 1 N–H and O–H groups in total. The van der Waals surface area contributed by atoms with Gasteiger partial charge in [0.1, 0.15) is 5.82 Å². The van der Waals surface area contributed by atoms with Crippen LogP contribution in [0.2, 0.25) is 5.02 Å². The number of allylic oxidation sites excluding steroid dienone is 4. The van der Waals surface area contributed by atoms with E-state index in [4.69, 9.17) is 11.6 Å². The minimum Gasteiger partial charge on any atom is -0.317 e. The smallest absolute Gasteiger partial charge is 0.127 e. The molecule has 1 nitrogen and oxygen atoms in total. The van der Waals surface area contributed by atoms with Crippen molar-refractivity contribution in [1.29, 1.82) is 0 Å². The minimum absolute atomic E-state index is 0.179. The van der Waals surface area contributed by atoms with Gasteiger partial charge in [-0.2, -0.15) is 0 Å². The molecular weight excluding hydrogens is 297 g/mol. The molecule has 0 saturated carbocycles. The molecule has 0 bridgehead atoms. The Morgan fingerprint density at radius 1 is 1.23 bits per heavy atom. The van der Waals surface area contributed by atoms with Crippen molar-refractivity contribution in [2.24, 2.45) is 11.8 Å². The number of halogens is 2. The highest BCUT2D eigenvalue weighted by Crippen LogP contribution is 2.32. The summed E-state index contributed by atoms with van der Waals surface area (Å²) < 4.78 is 13.9. The van der Waals surface area contributed by atoms with Gasteiger partial charge >= 0.3 is 0 Å². The molecule has 118 valence electrons. The zero-order chi connectivity index (χ0) is 15.4. The number of piperidine rings is 1. The number of rotatable bonds is 4. The van der Waals surface area contributed by atoms with Crippen LogP contribution in [0.15, 0.2) is 42.0 Å². The zero-order valence-corrected chi connectivity index (χ0v) is 13.6. The summed E-state index contributed by atoms with van der Waals surface area (Å²) in [7, 11) is 0. The van der Waals surface area contributed by atoms with Gasteiger partial charge < -0.3 is 5.32 Å². The normalized spacial score (nSPS) is 22.6. The molecule has 2 aliphatic rings. The van der Waals surface area contributed by atoms with E-state index in [2.05, 4.69) is 23.5 Å². The monoisotopic (exact) mass is 319 g/mol. The molecule has 1 aromatic rings. The lowest BCUT2D eigenvalue weighted by molar-refractivity contribution is 0.397. The third-order valence-electron chi connectivity index (χ3n) is 4.85. The number of aryl methyl sites for hydroxylation is 1. The first kappa shape index (κ1) is 15.8. The largest absolute Gasteiger partial charge is 0.317 e. The Kier molecular flexibility index (Phi) is 5.32. The molecule has 3 rings (SSSR count). The molecule has 0 spiro atoms. The van der Waals surface area contributed by atoms with E-state index >= 15 is 0 Å². The van der Waals surface area contributed by atoms with Crippen LogP contribution in [0, 0.1) is 17.7 Å². The van der Waals surface area contributed by atoms with Crippen LogP contribution in [0.3, 0.4) is 0 Å². The van der Waals surface area contributed by atoms with Crippen molar-refractivity contribution in [2.45, 2.75) is 32.1 Å². The predicted molar refractivity (Wildman–Crippen MR) is 90.7 cm³/mol. The summed E-state index contributed by atoms with van der Waals surface area (Å²) >= 11 is 5.81. The van der Waals surface area contributed by atoms with Crippen LogP contribution < -0.4 is 5.32 Å². The van der Waals surface area contributed by atoms with Crippen LogP contribution in [-0.4, -0.2) is 13.1 Å². The fourth-order valence-electron chi connectivity index (χ4n) is 3.53. The van der Waals surface area contributed by atoms with Crippen LogP contribution in [0.4, 0.5) is 4.39 Å². The molecule has 1 heterocycles. The fraction of sp³-hybridized carbons (Fsp3) is 0.474. The number of nitrogens with one attached hydrogen (secondary N) is 1. The molecule has 22 heavy (non-hydrogen) atoms. The van der Waals surface area contributed by atoms with Gasteiger partial charge in [-0.25, -0.2) is 4.39 Å². The van der Waals surface area contributed by atoms with E-state index < -0.39 is 0 Å². The Morgan fingerprint density at radius 2 is 2.05 bits per heavy atom. The van der Waals surface area contributed by atoms with Crippen molar-refractivity contribution in [3.8, 4) is 0 Å². The van der Waals surface area contributed by atoms with E-state index in [9.17, 15) is 4.39 Å². The summed E-state index contributed by atoms with van der Waals surface area (Å²) in [6.07, 6.45) is 12.2. The second-order valence-corrected chi connectivity index (χ2v) is 6.83. The van der Waals surface area contributed by atoms with Crippen LogP contribution in [0.5, 0.6) is 0 Å². The van der Waals surface area contributed by atoms with Gasteiger partial charge in [-0.15, -0.1) is 0 Å². The van der Waals surface area contributed by atoms with Gasteiger partial charge in [0.25, 0.3) is 0 Å². The van der Waals surface area contributed by atoms with Crippen LogP contribution in [-0.2, 0) is 6.42 Å². The second kappa shape index (κ2) is 7.43. The SMILES string of the molecule is Fc1cc(Cl)ccc1CCC1C=CC=C(C2CCNCC2)C1. The van der Waals surface area contributed by atoms with Crippen LogP contribution in [0.25, 0.3) is 0 Å². The van der Waals surface area contributed by atoms with E-state index in [1.54, 1.807) is 11.6 Å². The molecule has 1 fully saturated rings. The van der Waals surface area contributed by atoms with E-state index in [1.807, 2.05) is 6.07 Å². The molecular formula is C19H23ClFN. The average molecular weight is 320 g/mol. The molecule has 1 aromatic carbocycles. The molecule has 0 aromatic heterocycles. The van der Waals surface area contributed by atoms with E-state index in [0.717, 1.165) is 43.8 Å². The molecule has 1 aliphatic heterocycles. The summed E-state index contributed by atoms with van der Waals surface area (Å²) in [5.74, 6) is 1.09. The first-order chi connectivity index (χ1) is 10.7. The van der Waals surface area contributed by atoms with Gasteiger partial charge in [0.15, 0.2) is 0 Å². The molecule has 0 radical (unpaired) electrons. The van der Waals surface area contributed by atoms with Crippen molar-refractivity contribution in [1.82, 2.24) is 5.32 Å². The first-order valence-electron chi connectivity index (χ1n) is 8.24. The maximum atomic E-state index is 13.9. The highest BCUT2D eigenvalue weighted by Gasteiger charge is 2.21. The Hall–Kier alpha value is -1.12. The van der Waals surface area contributed by atoms with Crippen molar-refractivity contribution in [3.63, 3.8) is 0 Å². The summed E-state index contributed by atoms with van der Waals surface area (Å²) in [4.78, 5) is 0. The van der Waals surface area contributed by atoms with Crippen molar-refractivity contribution < 1.29 is 4.39 Å². The maximum absolute atomic E-state index is 13.9. The van der Waals surface area contributed by atoms with Crippen molar-refractivity contribution in [2.75, 3.05) is 13.1 Å². The Balaban J connectivity index is 1.55. The number of hydrogen-bond acceptors (Lipinski definition) is 1. The Labute approximate surface area is 137 Å². The Bertz CT molecular complexity index is 573. The second-order valence-electron chi connectivity index (χ2n) is 6.39. The van der Waals surface area contributed by atoms with Crippen molar-refractivity contribution in [3.05, 3.63) is 58.4 Å². The molecule has 1 saturated heterocycles. The highest BCUT2D eigenvalue weighted by atomic mass is 35.5. The van der Waals surface area contributed by atoms with Gasteiger partial charge in [0.2, 0.25) is 0 Å². The van der Waals surface area contributed by atoms with Gasteiger partial charge in [0, 0.05) is 5.02 Å². The molecule has 1 aliphatic carbocycles. The lowest BCUT2D eigenvalue weighted by Crippen LogP contribution is -2.29. The molecule has 1 atom stereocenters. The lowest BCUT2D eigenvalue weighted by atomic mass is 9.80. The third-order valence-corrected chi connectivity index (χ3v) is 5.09. The maximum Gasteiger partial charge on any atom is 0.127 e. The summed E-state index contributed by atoms with van der Waals surface area (Å²) in [5.41, 5.74) is 2.36. The molecule has 3 heteroatoms. The third kappa shape index (κ3) is 3.99. The van der Waals surface area contributed by atoms with Crippen LogP contribution in [0.1, 0.15) is 31.2 Å². The molecule has 0 amide bonds. The first-order valence-corrected chi connectivity index (χ1v) is 8.62. The van der Waals surface area contributed by atoms with Crippen molar-refractivity contribution >= 4 is 11.6 Å². The fourth-order valence-corrected chi connectivity index (χ4v) is 3.69. The lowest BCUT2D eigenvalue weighted by Gasteiger charge is -2.28. The predicted octanol–water partition coefficient (Wildman–Crippen LogP) is 4.91. The Morgan fingerprint density at radius 3 is 2.82 bits per heavy atom. The zero-order valence-electron chi connectivity index (χ0n) is 12.8. The van der Waals surface area contributed by atoms with E-state index in [0.29, 0.717) is 10.9 Å². The minimum atomic E-state index is -0.179. The van der Waals surface area contributed by atoms with Crippen LogP contribution >= 0.6 is 11.6 Å². The summed E-state index contributed by atoms with van der Waals surface area (Å²) in [6, 6.07) is 5.00. The number of hydrogen-bond donors (Lipinski definition) is 1.